The van der Waals surface area contributed by atoms with E-state index in [1.807, 2.05) is 0 Å². The monoisotopic (exact) mass is 265 g/mol. The molecule has 0 amide bonds. The number of benzene rings is 1. The van der Waals surface area contributed by atoms with Crippen molar-refractivity contribution in [3.63, 3.8) is 0 Å². The van der Waals surface area contributed by atoms with Crippen LogP contribution in [0.2, 0.25) is 0 Å². The van der Waals surface area contributed by atoms with Crippen molar-refractivity contribution in [2.75, 3.05) is 11.9 Å². The number of oxime groups is 1. The number of amidine groups is 1. The summed E-state index contributed by atoms with van der Waals surface area (Å²) in [5.74, 6) is -6.83. The van der Waals surface area contributed by atoms with E-state index in [0.717, 1.165) is 0 Å². The van der Waals surface area contributed by atoms with Crippen LogP contribution in [0.15, 0.2) is 11.2 Å². The standard InChI is InChI=1S/C10H11F4N3O/c1-4(10(15)17-18)3-16-9-7(13)5(11)2-6(12)8(9)14/h2,4,16,18H,3H2,1H3,(H2,15,17). The lowest BCUT2D eigenvalue weighted by atomic mass is 10.1. The summed E-state index contributed by atoms with van der Waals surface area (Å²) in [6, 6.07) is 0.114. The number of nitrogens with one attached hydrogen (secondary N) is 1. The maximum atomic E-state index is 13.2. The number of nitrogens with zero attached hydrogens (tertiary/aromatic N) is 1. The lowest BCUT2D eigenvalue weighted by molar-refractivity contribution is 0.315. The van der Waals surface area contributed by atoms with E-state index >= 15 is 0 Å². The highest BCUT2D eigenvalue weighted by molar-refractivity contribution is 5.82. The Bertz CT molecular complexity index is 452. The summed E-state index contributed by atoms with van der Waals surface area (Å²) in [7, 11) is 0. The minimum absolute atomic E-state index is 0.114. The van der Waals surface area contributed by atoms with Gasteiger partial charge in [0.1, 0.15) is 11.5 Å². The number of nitrogens with two attached hydrogens (primary N) is 1. The molecule has 1 rings (SSSR count). The Morgan fingerprint density at radius 2 is 1.83 bits per heavy atom. The molecule has 0 aliphatic heterocycles. The molecule has 18 heavy (non-hydrogen) atoms. The number of rotatable bonds is 4. The zero-order chi connectivity index (χ0) is 13.9. The number of hydrogen-bond donors (Lipinski definition) is 3. The van der Waals surface area contributed by atoms with Gasteiger partial charge < -0.3 is 16.3 Å². The molecule has 0 aliphatic carbocycles. The van der Waals surface area contributed by atoms with Crippen LogP contribution in [0.3, 0.4) is 0 Å². The minimum Gasteiger partial charge on any atom is -0.409 e. The SMILES string of the molecule is CC(CNc1c(F)c(F)cc(F)c1F)/C(N)=N/O. The molecular formula is C10H11F4N3O. The topological polar surface area (TPSA) is 70.6 Å². The fourth-order valence-corrected chi connectivity index (χ4v) is 1.19. The highest BCUT2D eigenvalue weighted by atomic mass is 19.2. The van der Waals surface area contributed by atoms with Gasteiger partial charge in [-0.25, -0.2) is 17.6 Å². The van der Waals surface area contributed by atoms with Gasteiger partial charge in [-0.05, 0) is 0 Å². The fraction of sp³-hybridized carbons (Fsp3) is 0.300. The molecule has 8 heteroatoms. The van der Waals surface area contributed by atoms with E-state index in [2.05, 4.69) is 10.5 Å². The highest BCUT2D eigenvalue weighted by Crippen LogP contribution is 2.24. The Kier molecular flexibility index (Phi) is 4.35. The van der Waals surface area contributed by atoms with Gasteiger partial charge in [-0.3, -0.25) is 0 Å². The average Bonchev–Trinajstić information content (AvgIpc) is 2.35. The first-order chi connectivity index (χ1) is 8.38. The molecule has 1 unspecified atom stereocenters. The van der Waals surface area contributed by atoms with Crippen LogP contribution in [0.1, 0.15) is 6.92 Å². The number of halogens is 4. The van der Waals surface area contributed by atoms with Crippen LogP contribution in [0.25, 0.3) is 0 Å². The van der Waals surface area contributed by atoms with Gasteiger partial charge in [0.2, 0.25) is 0 Å². The summed E-state index contributed by atoms with van der Waals surface area (Å²) in [5.41, 5.74) is 4.32. The van der Waals surface area contributed by atoms with Gasteiger partial charge in [-0.15, -0.1) is 0 Å². The van der Waals surface area contributed by atoms with Gasteiger partial charge in [0, 0.05) is 18.5 Å². The van der Waals surface area contributed by atoms with Crippen molar-refractivity contribution in [2.24, 2.45) is 16.8 Å². The predicted octanol–water partition coefficient (Wildman–Crippen LogP) is 2.04. The van der Waals surface area contributed by atoms with Crippen molar-refractivity contribution in [2.45, 2.75) is 6.92 Å². The summed E-state index contributed by atoms with van der Waals surface area (Å²) in [6.07, 6.45) is 0. The molecule has 0 aromatic heterocycles. The minimum atomic E-state index is -1.53. The molecule has 4 nitrogen and oxygen atoms in total. The second-order valence-corrected chi connectivity index (χ2v) is 3.65. The molecule has 4 N–H and O–H groups in total. The van der Waals surface area contributed by atoms with E-state index < -0.39 is 34.9 Å². The first-order valence-electron chi connectivity index (χ1n) is 4.92. The van der Waals surface area contributed by atoms with Gasteiger partial charge in [0.05, 0.1) is 0 Å². The van der Waals surface area contributed by atoms with Gasteiger partial charge >= 0.3 is 0 Å². The summed E-state index contributed by atoms with van der Waals surface area (Å²) < 4.78 is 52.2. The Morgan fingerprint density at radius 3 is 2.28 bits per heavy atom. The second-order valence-electron chi connectivity index (χ2n) is 3.65. The van der Waals surface area contributed by atoms with Gasteiger partial charge in [0.25, 0.3) is 0 Å². The van der Waals surface area contributed by atoms with Crippen molar-refractivity contribution >= 4 is 11.5 Å². The van der Waals surface area contributed by atoms with E-state index in [1.165, 1.54) is 6.92 Å². The first-order valence-corrected chi connectivity index (χ1v) is 4.92. The van der Waals surface area contributed by atoms with Crippen LogP contribution in [0, 0.1) is 29.2 Å². The Labute approximate surface area is 100 Å². The van der Waals surface area contributed by atoms with Gasteiger partial charge in [-0.2, -0.15) is 0 Å². The van der Waals surface area contributed by atoms with Crippen molar-refractivity contribution in [3.8, 4) is 0 Å². The lowest BCUT2D eigenvalue weighted by Crippen LogP contribution is -2.28. The molecule has 100 valence electrons. The molecule has 0 aliphatic rings. The molecular weight excluding hydrogens is 254 g/mol. The maximum absolute atomic E-state index is 13.2. The van der Waals surface area contributed by atoms with Gasteiger partial charge in [-0.1, -0.05) is 12.1 Å². The van der Waals surface area contributed by atoms with E-state index in [4.69, 9.17) is 10.9 Å². The zero-order valence-corrected chi connectivity index (χ0v) is 9.35. The molecule has 0 heterocycles. The summed E-state index contributed by atoms with van der Waals surface area (Å²) in [6.45, 7) is 1.33. The maximum Gasteiger partial charge on any atom is 0.185 e. The first kappa shape index (κ1) is 14.1. The van der Waals surface area contributed by atoms with Crippen molar-refractivity contribution in [3.05, 3.63) is 29.3 Å². The number of anilines is 1. The molecule has 0 radical (unpaired) electrons. The normalized spacial score (nSPS) is 13.5. The van der Waals surface area contributed by atoms with Crippen molar-refractivity contribution in [1.82, 2.24) is 0 Å². The van der Waals surface area contributed by atoms with Crippen LogP contribution in [0.5, 0.6) is 0 Å². The largest absolute Gasteiger partial charge is 0.409 e. The Hall–Kier alpha value is -1.99. The quantitative estimate of drug-likeness (QED) is 0.195. The molecule has 0 bridgehead atoms. The zero-order valence-electron chi connectivity index (χ0n) is 9.35. The molecule has 0 saturated heterocycles. The Balaban J connectivity index is 2.92. The third-order valence-electron chi connectivity index (χ3n) is 2.32. The molecule has 0 saturated carbocycles. The third-order valence-corrected chi connectivity index (χ3v) is 2.32. The van der Waals surface area contributed by atoms with Crippen LogP contribution in [0.4, 0.5) is 23.2 Å². The molecule has 1 aromatic carbocycles. The Morgan fingerprint density at radius 1 is 1.33 bits per heavy atom. The fourth-order valence-electron chi connectivity index (χ4n) is 1.19. The van der Waals surface area contributed by atoms with Crippen molar-refractivity contribution < 1.29 is 22.8 Å². The number of hydrogen-bond acceptors (Lipinski definition) is 3. The average molecular weight is 265 g/mol. The lowest BCUT2D eigenvalue weighted by Gasteiger charge is -2.13. The van der Waals surface area contributed by atoms with Crippen LogP contribution in [-0.2, 0) is 0 Å². The molecule has 0 spiro atoms. The van der Waals surface area contributed by atoms with Crippen LogP contribution >= 0.6 is 0 Å². The van der Waals surface area contributed by atoms with E-state index in [9.17, 15) is 17.6 Å². The predicted molar refractivity (Wildman–Crippen MR) is 57.3 cm³/mol. The van der Waals surface area contributed by atoms with Crippen LogP contribution in [-0.4, -0.2) is 17.6 Å². The summed E-state index contributed by atoms with van der Waals surface area (Å²) in [4.78, 5) is 0. The third kappa shape index (κ3) is 2.82. The molecule has 1 aromatic rings. The van der Waals surface area contributed by atoms with Crippen molar-refractivity contribution in [1.29, 1.82) is 0 Å². The van der Waals surface area contributed by atoms with E-state index in [1.54, 1.807) is 0 Å². The van der Waals surface area contributed by atoms with Gasteiger partial charge in [0.15, 0.2) is 23.3 Å². The second kappa shape index (κ2) is 5.56. The van der Waals surface area contributed by atoms with E-state index in [-0.39, 0.29) is 18.4 Å². The highest BCUT2D eigenvalue weighted by Gasteiger charge is 2.19. The smallest absolute Gasteiger partial charge is 0.185 e. The van der Waals surface area contributed by atoms with E-state index in [0.29, 0.717) is 0 Å². The summed E-state index contributed by atoms with van der Waals surface area (Å²) in [5, 5.41) is 13.2. The molecule has 0 fully saturated rings. The van der Waals surface area contributed by atoms with Crippen LogP contribution < -0.4 is 11.1 Å². The summed E-state index contributed by atoms with van der Waals surface area (Å²) >= 11 is 0. The molecule has 1 atom stereocenters.